The van der Waals surface area contributed by atoms with Crippen LogP contribution in [0.3, 0.4) is 0 Å². The lowest BCUT2D eigenvalue weighted by Gasteiger charge is -2.55. The molecule has 0 spiro atoms. The summed E-state index contributed by atoms with van der Waals surface area (Å²) in [5.41, 5.74) is 0. The molecule has 8 unspecified atom stereocenters. The van der Waals surface area contributed by atoms with Crippen LogP contribution in [0.5, 0.6) is 0 Å². The molecule has 6 aliphatic rings. The molecule has 5 saturated carbocycles. The minimum Gasteiger partial charge on any atom is -0.378 e. The van der Waals surface area contributed by atoms with Crippen molar-refractivity contribution >= 4 is 0 Å². The minimum absolute atomic E-state index is 0.534. The molecule has 2 heteroatoms. The molecule has 1 saturated heterocycles. The molecule has 0 radical (unpaired) electrons. The first-order chi connectivity index (χ1) is 17.8. The van der Waals surface area contributed by atoms with E-state index in [-0.39, 0.29) is 0 Å². The molecule has 0 aromatic heterocycles. The molecule has 206 valence electrons. The summed E-state index contributed by atoms with van der Waals surface area (Å²) >= 11 is 0. The lowest BCUT2D eigenvalue weighted by Crippen LogP contribution is -2.53. The van der Waals surface area contributed by atoms with Gasteiger partial charge in [0.1, 0.15) is 0 Å². The molecule has 0 bridgehead atoms. The van der Waals surface area contributed by atoms with Crippen LogP contribution in [-0.2, 0) is 9.47 Å². The largest absolute Gasteiger partial charge is 0.378 e. The molecule has 0 N–H and O–H groups in total. The monoisotopic (exact) mass is 498 g/mol. The van der Waals surface area contributed by atoms with Crippen LogP contribution >= 0.6 is 0 Å². The number of fused-ring (bicyclic) bond motifs is 7. The van der Waals surface area contributed by atoms with Crippen LogP contribution in [0.2, 0.25) is 0 Å². The maximum Gasteiger partial charge on any atom is 0.0610 e. The van der Waals surface area contributed by atoms with Gasteiger partial charge in [0.25, 0.3) is 0 Å². The van der Waals surface area contributed by atoms with E-state index >= 15 is 0 Å². The summed E-state index contributed by atoms with van der Waals surface area (Å²) in [4.78, 5) is 0. The predicted octanol–water partition coefficient (Wildman–Crippen LogP) is 9.21. The molecule has 0 aromatic carbocycles. The topological polar surface area (TPSA) is 18.5 Å². The average Bonchev–Trinajstić information content (AvgIpc) is 3.01. The second kappa shape index (κ2) is 12.4. The van der Waals surface area contributed by atoms with Gasteiger partial charge in [0, 0.05) is 5.92 Å². The van der Waals surface area contributed by atoms with Crippen LogP contribution in [0.4, 0.5) is 0 Å². The highest BCUT2D eigenvalue weighted by atomic mass is 16.5. The first-order valence-electron chi connectivity index (χ1n) is 17.0. The Hall–Kier alpha value is -0.0800. The summed E-state index contributed by atoms with van der Waals surface area (Å²) in [6.07, 6.45) is 30.1. The Labute approximate surface area is 223 Å². The van der Waals surface area contributed by atoms with Gasteiger partial charge in [-0.15, -0.1) is 0 Å². The van der Waals surface area contributed by atoms with Gasteiger partial charge in [-0.3, -0.25) is 0 Å². The third kappa shape index (κ3) is 5.61. The zero-order chi connectivity index (χ0) is 24.3. The van der Waals surface area contributed by atoms with Gasteiger partial charge in [0.05, 0.1) is 25.4 Å². The summed E-state index contributed by atoms with van der Waals surface area (Å²) in [7, 11) is 0. The van der Waals surface area contributed by atoms with Crippen molar-refractivity contribution in [1.82, 2.24) is 0 Å². The summed E-state index contributed by atoms with van der Waals surface area (Å²) in [6, 6.07) is 0. The third-order valence-corrected chi connectivity index (χ3v) is 12.7. The highest BCUT2D eigenvalue weighted by Crippen LogP contribution is 2.56. The Bertz CT molecular complexity index is 626. The predicted molar refractivity (Wildman–Crippen MR) is 149 cm³/mol. The first-order valence-corrected chi connectivity index (χ1v) is 17.0. The molecular weight excluding hydrogens is 440 g/mol. The van der Waals surface area contributed by atoms with E-state index in [1.54, 1.807) is 0 Å². The van der Waals surface area contributed by atoms with Crippen molar-refractivity contribution in [2.45, 2.75) is 148 Å². The average molecular weight is 499 g/mol. The molecule has 0 amide bonds. The zero-order valence-corrected chi connectivity index (χ0v) is 23.7. The smallest absolute Gasteiger partial charge is 0.0610 e. The molecule has 0 aromatic rings. The maximum atomic E-state index is 7.14. The second-order valence-corrected chi connectivity index (χ2v) is 14.5. The molecule has 2 nitrogen and oxygen atoms in total. The molecular formula is C34H58O2. The van der Waals surface area contributed by atoms with Gasteiger partial charge in [0.15, 0.2) is 0 Å². The van der Waals surface area contributed by atoms with E-state index in [2.05, 4.69) is 6.92 Å². The number of rotatable bonds is 5. The molecule has 5 aliphatic carbocycles. The molecule has 6 rings (SSSR count). The van der Waals surface area contributed by atoms with Gasteiger partial charge in [-0.2, -0.15) is 0 Å². The van der Waals surface area contributed by atoms with Gasteiger partial charge in [-0.1, -0.05) is 84.0 Å². The van der Waals surface area contributed by atoms with E-state index in [1.807, 2.05) is 0 Å². The normalized spacial score (nSPS) is 47.8. The SMILES string of the molecule is CCCCCC1CCC(C2COC3CCC4CCCCC4C3C3C(CCC4CCCCC43)OC2)CC1. The fourth-order valence-corrected chi connectivity index (χ4v) is 10.8. The summed E-state index contributed by atoms with van der Waals surface area (Å²) in [6.45, 7) is 4.33. The van der Waals surface area contributed by atoms with E-state index in [9.17, 15) is 0 Å². The zero-order valence-electron chi connectivity index (χ0n) is 23.7. The van der Waals surface area contributed by atoms with E-state index in [0.29, 0.717) is 18.1 Å². The maximum absolute atomic E-state index is 7.14. The third-order valence-electron chi connectivity index (χ3n) is 12.7. The van der Waals surface area contributed by atoms with Crippen molar-refractivity contribution < 1.29 is 9.47 Å². The standard InChI is InChI=1S/C34H58O2/c1-2-3-4-9-24-14-16-25(17-15-24)28-22-35-31-20-18-26-10-5-7-12-29(26)33(31)34-30-13-8-6-11-27(30)19-21-32(34)36-23-28/h24-34H,2-23H2,1H3. The number of ether oxygens (including phenoxy) is 2. The lowest BCUT2D eigenvalue weighted by atomic mass is 9.53. The number of hydrogen-bond donors (Lipinski definition) is 0. The highest BCUT2D eigenvalue weighted by molar-refractivity contribution is 5.02. The van der Waals surface area contributed by atoms with Gasteiger partial charge in [-0.25, -0.2) is 0 Å². The van der Waals surface area contributed by atoms with Crippen LogP contribution in [-0.4, -0.2) is 25.4 Å². The van der Waals surface area contributed by atoms with E-state index in [0.717, 1.165) is 60.6 Å². The van der Waals surface area contributed by atoms with Gasteiger partial charge in [-0.05, 0) is 98.7 Å². The lowest BCUT2D eigenvalue weighted by molar-refractivity contribution is -0.140. The van der Waals surface area contributed by atoms with Crippen molar-refractivity contribution in [3.63, 3.8) is 0 Å². The van der Waals surface area contributed by atoms with Crippen molar-refractivity contribution in [3.05, 3.63) is 0 Å². The van der Waals surface area contributed by atoms with Gasteiger partial charge >= 0.3 is 0 Å². The van der Waals surface area contributed by atoms with Crippen molar-refractivity contribution in [3.8, 4) is 0 Å². The summed E-state index contributed by atoms with van der Waals surface area (Å²) in [5, 5.41) is 0. The fraction of sp³-hybridized carbons (Fsp3) is 1.00. The van der Waals surface area contributed by atoms with Gasteiger partial charge in [0.2, 0.25) is 0 Å². The van der Waals surface area contributed by atoms with Crippen LogP contribution in [0, 0.1) is 53.3 Å². The Morgan fingerprint density at radius 1 is 0.500 bits per heavy atom. The minimum atomic E-state index is 0.534. The summed E-state index contributed by atoms with van der Waals surface area (Å²) < 4.78 is 14.3. The van der Waals surface area contributed by atoms with Crippen LogP contribution < -0.4 is 0 Å². The Kier molecular flexibility index (Phi) is 9.01. The molecule has 1 heterocycles. The fourth-order valence-electron chi connectivity index (χ4n) is 10.8. The van der Waals surface area contributed by atoms with Crippen molar-refractivity contribution in [2.24, 2.45) is 53.3 Å². The van der Waals surface area contributed by atoms with Crippen molar-refractivity contribution in [1.29, 1.82) is 0 Å². The number of unbranched alkanes of at least 4 members (excludes halogenated alkanes) is 2. The Balaban J connectivity index is 1.18. The van der Waals surface area contributed by atoms with E-state index in [1.165, 1.54) is 128 Å². The van der Waals surface area contributed by atoms with Crippen LogP contribution in [0.15, 0.2) is 0 Å². The van der Waals surface area contributed by atoms with Gasteiger partial charge < -0.3 is 9.47 Å². The number of hydrogen-bond acceptors (Lipinski definition) is 2. The summed E-state index contributed by atoms with van der Waals surface area (Å²) in [5.74, 6) is 7.95. The highest BCUT2D eigenvalue weighted by Gasteiger charge is 2.53. The second-order valence-electron chi connectivity index (χ2n) is 14.5. The van der Waals surface area contributed by atoms with Crippen LogP contribution in [0.1, 0.15) is 135 Å². The van der Waals surface area contributed by atoms with Crippen molar-refractivity contribution in [2.75, 3.05) is 13.2 Å². The van der Waals surface area contributed by atoms with Crippen LogP contribution in [0.25, 0.3) is 0 Å². The van der Waals surface area contributed by atoms with E-state index in [4.69, 9.17) is 9.47 Å². The molecule has 8 atom stereocenters. The molecule has 6 fully saturated rings. The Morgan fingerprint density at radius 2 is 1.03 bits per heavy atom. The molecule has 36 heavy (non-hydrogen) atoms. The molecule has 1 aliphatic heterocycles. The Morgan fingerprint density at radius 3 is 1.58 bits per heavy atom. The first kappa shape index (κ1) is 26.2. The quantitative estimate of drug-likeness (QED) is 0.352. The van der Waals surface area contributed by atoms with E-state index < -0.39 is 0 Å².